The van der Waals surface area contributed by atoms with E-state index >= 15 is 0 Å². The van der Waals surface area contributed by atoms with Gasteiger partial charge >= 0.3 is 0 Å². The molecule has 0 aliphatic heterocycles. The lowest BCUT2D eigenvalue weighted by Crippen LogP contribution is -2.07. The van der Waals surface area contributed by atoms with Gasteiger partial charge in [-0.05, 0) is 18.6 Å². The van der Waals surface area contributed by atoms with Gasteiger partial charge in [-0.25, -0.2) is 18.4 Å². The van der Waals surface area contributed by atoms with Crippen LogP contribution in [0.25, 0.3) is 16.9 Å². The van der Waals surface area contributed by atoms with Gasteiger partial charge in [-0.2, -0.15) is 5.10 Å². The van der Waals surface area contributed by atoms with E-state index in [2.05, 4.69) is 10.1 Å². The molecule has 0 bridgehead atoms. The minimum atomic E-state index is -0.699. The number of imidazole rings is 1. The van der Waals surface area contributed by atoms with Crippen LogP contribution in [-0.4, -0.2) is 19.3 Å². The molecular formula is C13H13F2N5. The number of rotatable bonds is 2. The van der Waals surface area contributed by atoms with Crippen molar-refractivity contribution < 1.29 is 8.78 Å². The Morgan fingerprint density at radius 1 is 1.30 bits per heavy atom. The van der Waals surface area contributed by atoms with Gasteiger partial charge in [0, 0.05) is 13.1 Å². The summed E-state index contributed by atoms with van der Waals surface area (Å²) in [5.74, 6) is -1.19. The predicted octanol–water partition coefficient (Wildman–Crippen LogP) is 2.18. The van der Waals surface area contributed by atoms with Gasteiger partial charge < -0.3 is 5.73 Å². The molecule has 0 spiro atoms. The average molecular weight is 277 g/mol. The van der Waals surface area contributed by atoms with Crippen molar-refractivity contribution in [3.05, 3.63) is 35.5 Å². The first-order chi connectivity index (χ1) is 9.52. The quantitative estimate of drug-likeness (QED) is 0.781. The molecule has 1 aromatic carbocycles. The van der Waals surface area contributed by atoms with Crippen LogP contribution in [0.15, 0.2) is 18.2 Å². The van der Waals surface area contributed by atoms with Gasteiger partial charge in [0.25, 0.3) is 0 Å². The smallest absolute Gasteiger partial charge is 0.207 e. The first-order valence-corrected chi connectivity index (χ1v) is 6.18. The number of fused-ring (bicyclic) bond motifs is 1. The molecule has 2 N–H and O–H groups in total. The van der Waals surface area contributed by atoms with Crippen LogP contribution in [0.5, 0.6) is 0 Å². The number of anilines is 1. The monoisotopic (exact) mass is 277 g/mol. The fraction of sp³-hybridized carbons (Fsp3) is 0.231. The lowest BCUT2D eigenvalue weighted by atomic mass is 10.3. The second kappa shape index (κ2) is 4.29. The molecule has 0 fully saturated rings. The summed E-state index contributed by atoms with van der Waals surface area (Å²) in [6, 6.07) is 3.33. The molecule has 7 heteroatoms. The number of aromatic nitrogens is 4. The van der Waals surface area contributed by atoms with E-state index in [9.17, 15) is 8.78 Å². The lowest BCUT2D eigenvalue weighted by molar-refractivity contribution is 0.578. The van der Waals surface area contributed by atoms with E-state index in [0.29, 0.717) is 17.6 Å². The zero-order valence-corrected chi connectivity index (χ0v) is 11.1. The van der Waals surface area contributed by atoms with Gasteiger partial charge in [-0.1, -0.05) is 6.92 Å². The van der Waals surface area contributed by atoms with Gasteiger partial charge in [0.15, 0.2) is 5.65 Å². The zero-order chi connectivity index (χ0) is 14.4. The van der Waals surface area contributed by atoms with Crippen LogP contribution in [0.2, 0.25) is 0 Å². The van der Waals surface area contributed by atoms with Crippen molar-refractivity contribution in [2.45, 2.75) is 13.3 Å². The van der Waals surface area contributed by atoms with Crippen molar-refractivity contribution >= 4 is 17.1 Å². The van der Waals surface area contributed by atoms with E-state index in [4.69, 9.17) is 5.73 Å². The Morgan fingerprint density at radius 2 is 2.05 bits per heavy atom. The largest absolute Gasteiger partial charge is 0.369 e. The fourth-order valence-corrected chi connectivity index (χ4v) is 2.33. The summed E-state index contributed by atoms with van der Waals surface area (Å²) in [6.45, 7) is 1.95. The average Bonchev–Trinajstić information content (AvgIpc) is 2.87. The summed E-state index contributed by atoms with van der Waals surface area (Å²) < 4.78 is 30.0. The number of aryl methyl sites for hydroxylation is 2. The first-order valence-electron chi connectivity index (χ1n) is 6.18. The second-order valence-corrected chi connectivity index (χ2v) is 4.50. The molecule has 20 heavy (non-hydrogen) atoms. The van der Waals surface area contributed by atoms with Crippen LogP contribution in [-0.2, 0) is 13.5 Å². The Labute approximate surface area is 113 Å². The Morgan fingerprint density at radius 3 is 2.70 bits per heavy atom. The molecule has 104 valence electrons. The van der Waals surface area contributed by atoms with Gasteiger partial charge in [-0.3, -0.25) is 4.57 Å². The molecule has 0 unspecified atom stereocenters. The van der Waals surface area contributed by atoms with Gasteiger partial charge in [0.05, 0.1) is 11.4 Å². The number of nitrogen functional groups attached to an aromatic ring is 1. The molecule has 0 saturated carbocycles. The van der Waals surface area contributed by atoms with E-state index < -0.39 is 11.6 Å². The number of hydrogen-bond acceptors (Lipinski definition) is 3. The van der Waals surface area contributed by atoms with Crippen molar-refractivity contribution in [3.63, 3.8) is 0 Å². The highest BCUT2D eigenvalue weighted by Crippen LogP contribution is 2.27. The summed E-state index contributed by atoms with van der Waals surface area (Å²) in [4.78, 5) is 4.24. The van der Waals surface area contributed by atoms with Crippen LogP contribution in [0.4, 0.5) is 14.7 Å². The summed E-state index contributed by atoms with van der Waals surface area (Å²) in [5, 5.41) is 4.32. The molecule has 5 nitrogen and oxygen atoms in total. The molecule has 0 saturated heterocycles. The first kappa shape index (κ1) is 12.6. The number of nitrogens with zero attached hydrogens (tertiary/aromatic N) is 4. The van der Waals surface area contributed by atoms with Crippen molar-refractivity contribution in [1.29, 1.82) is 0 Å². The van der Waals surface area contributed by atoms with Crippen LogP contribution in [0.3, 0.4) is 0 Å². The lowest BCUT2D eigenvalue weighted by Gasteiger charge is -2.08. The topological polar surface area (TPSA) is 61.7 Å². The van der Waals surface area contributed by atoms with Crippen LogP contribution in [0, 0.1) is 11.6 Å². The summed E-state index contributed by atoms with van der Waals surface area (Å²) in [5.41, 5.74) is 8.04. The maximum Gasteiger partial charge on any atom is 0.207 e. The van der Waals surface area contributed by atoms with E-state index in [1.807, 2.05) is 6.92 Å². The van der Waals surface area contributed by atoms with Gasteiger partial charge in [0.1, 0.15) is 17.2 Å². The Balaban J connectivity index is 2.36. The highest BCUT2D eigenvalue weighted by molar-refractivity contribution is 5.80. The fourth-order valence-electron chi connectivity index (χ4n) is 2.33. The number of benzene rings is 1. The van der Waals surface area contributed by atoms with Gasteiger partial charge in [0.2, 0.25) is 5.95 Å². The maximum atomic E-state index is 14.0. The van der Waals surface area contributed by atoms with Crippen molar-refractivity contribution in [3.8, 4) is 5.69 Å². The summed E-state index contributed by atoms with van der Waals surface area (Å²) >= 11 is 0. The molecular weight excluding hydrogens is 264 g/mol. The summed E-state index contributed by atoms with van der Waals surface area (Å²) in [6.07, 6.45) is 0.694. The van der Waals surface area contributed by atoms with E-state index in [1.54, 1.807) is 11.7 Å². The number of halogens is 2. The second-order valence-electron chi connectivity index (χ2n) is 4.50. The van der Waals surface area contributed by atoms with E-state index in [0.717, 1.165) is 11.8 Å². The molecule has 2 heterocycles. The van der Waals surface area contributed by atoms with Crippen molar-refractivity contribution in [1.82, 2.24) is 19.3 Å². The number of nitrogens with two attached hydrogens (primary N) is 1. The molecule has 0 aliphatic rings. The highest BCUT2D eigenvalue weighted by Gasteiger charge is 2.20. The van der Waals surface area contributed by atoms with Crippen molar-refractivity contribution in [2.24, 2.45) is 7.05 Å². The van der Waals surface area contributed by atoms with Crippen molar-refractivity contribution in [2.75, 3.05) is 5.73 Å². The Hall–Kier alpha value is -2.44. The Kier molecular flexibility index (Phi) is 2.70. The Bertz CT molecular complexity index is 803. The van der Waals surface area contributed by atoms with E-state index in [1.165, 1.54) is 16.7 Å². The summed E-state index contributed by atoms with van der Waals surface area (Å²) in [7, 11) is 1.74. The minimum absolute atomic E-state index is 0.146. The van der Waals surface area contributed by atoms with E-state index in [-0.39, 0.29) is 11.6 Å². The van der Waals surface area contributed by atoms with Gasteiger partial charge in [-0.15, -0.1) is 0 Å². The molecule has 0 amide bonds. The molecule has 2 aromatic heterocycles. The van der Waals surface area contributed by atoms with Crippen LogP contribution < -0.4 is 5.73 Å². The molecule has 0 atom stereocenters. The normalized spacial score (nSPS) is 11.4. The van der Waals surface area contributed by atoms with Crippen LogP contribution in [0.1, 0.15) is 12.6 Å². The third-order valence-electron chi connectivity index (χ3n) is 3.22. The zero-order valence-electron chi connectivity index (χ0n) is 11.1. The molecule has 0 radical (unpaired) electrons. The third kappa shape index (κ3) is 1.66. The number of hydrogen-bond donors (Lipinski definition) is 1. The highest BCUT2D eigenvalue weighted by atomic mass is 19.1. The molecule has 3 aromatic rings. The SMILES string of the molecule is CCc1nn(C)c2c1nc(N)n2-c1ccc(F)cc1F. The maximum absolute atomic E-state index is 14.0. The molecule has 3 rings (SSSR count). The standard InChI is InChI=1S/C13H13F2N5/c1-3-9-11-12(19(2)18-9)20(13(16)17-11)10-5-4-7(14)6-8(10)15/h4-6H,3H2,1-2H3,(H2,16,17). The minimum Gasteiger partial charge on any atom is -0.369 e. The third-order valence-corrected chi connectivity index (χ3v) is 3.22. The molecule has 0 aliphatic carbocycles. The van der Waals surface area contributed by atoms with Crippen LogP contribution >= 0.6 is 0 Å². The predicted molar refractivity (Wildman–Crippen MR) is 71.5 cm³/mol.